The summed E-state index contributed by atoms with van der Waals surface area (Å²) in [7, 11) is 0. The van der Waals surface area contributed by atoms with Crippen molar-refractivity contribution in [2.45, 2.75) is 19.8 Å². The lowest BCUT2D eigenvalue weighted by molar-refractivity contribution is 0.0696. The third-order valence-corrected chi connectivity index (χ3v) is 3.95. The van der Waals surface area contributed by atoms with Gasteiger partial charge in [0.2, 0.25) is 0 Å². The second-order valence-corrected chi connectivity index (χ2v) is 5.41. The Labute approximate surface area is 116 Å². The van der Waals surface area contributed by atoms with Gasteiger partial charge in [0.05, 0.1) is 10.6 Å². The van der Waals surface area contributed by atoms with Crippen LogP contribution in [0.1, 0.15) is 33.8 Å². The Bertz CT molecular complexity index is 567. The first-order valence-corrected chi connectivity index (χ1v) is 6.93. The van der Waals surface area contributed by atoms with Crippen LogP contribution >= 0.6 is 11.3 Å². The number of nitrogens with zero attached hydrogens (tertiary/aromatic N) is 1. The average molecular weight is 276 g/mol. The number of aryl methyl sites for hydroxylation is 1. The van der Waals surface area contributed by atoms with Gasteiger partial charge in [-0.05, 0) is 30.7 Å². The summed E-state index contributed by atoms with van der Waals surface area (Å²) in [6.45, 7) is 4.70. The van der Waals surface area contributed by atoms with Crippen LogP contribution in [0.5, 0.6) is 0 Å². The maximum atomic E-state index is 10.9. The van der Waals surface area contributed by atoms with Gasteiger partial charge in [-0.2, -0.15) is 0 Å². The number of hydrogen-bond donors (Lipinski definition) is 2. The van der Waals surface area contributed by atoms with E-state index in [-0.39, 0.29) is 0 Å². The number of hydrogen-bond acceptors (Lipinski definition) is 4. The van der Waals surface area contributed by atoms with Crippen molar-refractivity contribution in [3.05, 3.63) is 45.9 Å². The Kier molecular flexibility index (Phi) is 4.16. The van der Waals surface area contributed by atoms with E-state index < -0.39 is 5.97 Å². The van der Waals surface area contributed by atoms with Gasteiger partial charge in [0.1, 0.15) is 0 Å². The van der Waals surface area contributed by atoms with Crippen molar-refractivity contribution in [2.75, 3.05) is 11.9 Å². The third kappa shape index (κ3) is 3.32. The highest BCUT2D eigenvalue weighted by Gasteiger charge is 2.09. The third-order valence-electron chi connectivity index (χ3n) is 2.94. The summed E-state index contributed by atoms with van der Waals surface area (Å²) in [5.74, 6) is -0.556. The highest BCUT2D eigenvalue weighted by Crippen LogP contribution is 2.20. The fourth-order valence-electron chi connectivity index (χ4n) is 1.85. The molecule has 0 radical (unpaired) electrons. The first-order valence-electron chi connectivity index (χ1n) is 6.05. The predicted molar refractivity (Wildman–Crippen MR) is 77.2 cm³/mol. The van der Waals surface area contributed by atoms with Crippen LogP contribution in [0.4, 0.5) is 5.69 Å². The van der Waals surface area contributed by atoms with Gasteiger partial charge in [0.15, 0.2) is 0 Å². The molecule has 0 saturated heterocycles. The molecule has 0 saturated carbocycles. The number of carbonyl (C=O) groups is 1. The van der Waals surface area contributed by atoms with Gasteiger partial charge in [0, 0.05) is 29.7 Å². The standard InChI is InChI=1S/C14H16N2O2S/c1-9-7-11(3-4-12(9)14(17)18)16-8-10(2)13-15-5-6-19-13/h3-7,10,16H,8H2,1-2H3,(H,17,18). The maximum absolute atomic E-state index is 10.9. The van der Waals surface area contributed by atoms with Crippen LogP contribution in [0.2, 0.25) is 0 Å². The summed E-state index contributed by atoms with van der Waals surface area (Å²) in [5.41, 5.74) is 2.05. The van der Waals surface area contributed by atoms with Gasteiger partial charge in [0.25, 0.3) is 0 Å². The van der Waals surface area contributed by atoms with Crippen molar-refractivity contribution >= 4 is 23.0 Å². The van der Waals surface area contributed by atoms with E-state index in [1.165, 1.54) is 0 Å². The summed E-state index contributed by atoms with van der Waals surface area (Å²) in [5, 5.41) is 15.4. The highest BCUT2D eigenvalue weighted by molar-refractivity contribution is 7.09. The number of nitrogens with one attached hydrogen (secondary N) is 1. The van der Waals surface area contributed by atoms with Gasteiger partial charge in [-0.3, -0.25) is 0 Å². The molecular formula is C14H16N2O2S. The Morgan fingerprint density at radius 2 is 2.32 bits per heavy atom. The number of rotatable bonds is 5. The zero-order chi connectivity index (χ0) is 13.8. The molecule has 1 heterocycles. The minimum Gasteiger partial charge on any atom is -0.478 e. The van der Waals surface area contributed by atoms with Gasteiger partial charge in [-0.15, -0.1) is 11.3 Å². The van der Waals surface area contributed by atoms with Crippen molar-refractivity contribution in [3.8, 4) is 0 Å². The summed E-state index contributed by atoms with van der Waals surface area (Å²) in [6, 6.07) is 5.29. The molecule has 2 aromatic rings. The summed E-state index contributed by atoms with van der Waals surface area (Å²) in [6.07, 6.45) is 1.81. The van der Waals surface area contributed by atoms with E-state index in [1.807, 2.05) is 17.6 Å². The van der Waals surface area contributed by atoms with Crippen molar-refractivity contribution in [3.63, 3.8) is 0 Å². The van der Waals surface area contributed by atoms with E-state index in [1.54, 1.807) is 30.4 Å². The Balaban J connectivity index is 2.00. The van der Waals surface area contributed by atoms with Crippen LogP contribution in [0, 0.1) is 6.92 Å². The molecule has 0 aliphatic rings. The van der Waals surface area contributed by atoms with E-state index in [4.69, 9.17) is 5.11 Å². The van der Waals surface area contributed by atoms with Gasteiger partial charge in [-0.25, -0.2) is 9.78 Å². The fourth-order valence-corrected chi connectivity index (χ4v) is 2.55. The smallest absolute Gasteiger partial charge is 0.335 e. The molecule has 0 aliphatic heterocycles. The molecule has 0 bridgehead atoms. The molecule has 0 spiro atoms. The normalized spacial score (nSPS) is 12.1. The Morgan fingerprint density at radius 3 is 2.89 bits per heavy atom. The monoisotopic (exact) mass is 276 g/mol. The van der Waals surface area contributed by atoms with E-state index in [0.717, 1.165) is 22.8 Å². The van der Waals surface area contributed by atoms with Crippen molar-refractivity contribution in [2.24, 2.45) is 0 Å². The van der Waals surface area contributed by atoms with E-state index in [0.29, 0.717) is 11.5 Å². The largest absolute Gasteiger partial charge is 0.478 e. The number of carboxylic acid groups (broad SMARTS) is 1. The van der Waals surface area contributed by atoms with E-state index in [2.05, 4.69) is 17.2 Å². The molecule has 1 aromatic heterocycles. The fraction of sp³-hybridized carbons (Fsp3) is 0.286. The average Bonchev–Trinajstić information content (AvgIpc) is 2.89. The van der Waals surface area contributed by atoms with Crippen LogP contribution in [-0.4, -0.2) is 22.6 Å². The molecule has 1 aromatic carbocycles. The first-order chi connectivity index (χ1) is 9.08. The van der Waals surface area contributed by atoms with Gasteiger partial charge < -0.3 is 10.4 Å². The second-order valence-electron chi connectivity index (χ2n) is 4.49. The maximum Gasteiger partial charge on any atom is 0.335 e. The van der Waals surface area contributed by atoms with Crippen molar-refractivity contribution in [1.82, 2.24) is 4.98 Å². The minimum atomic E-state index is -0.889. The molecule has 0 amide bonds. The van der Waals surface area contributed by atoms with Crippen LogP contribution in [0.25, 0.3) is 0 Å². The second kappa shape index (κ2) is 5.84. The van der Waals surface area contributed by atoms with E-state index in [9.17, 15) is 4.79 Å². The number of aromatic carboxylic acids is 1. The number of carboxylic acids is 1. The predicted octanol–water partition coefficient (Wildman–Crippen LogP) is 3.37. The topological polar surface area (TPSA) is 62.2 Å². The zero-order valence-electron chi connectivity index (χ0n) is 10.9. The molecule has 100 valence electrons. The molecular weight excluding hydrogens is 260 g/mol. The quantitative estimate of drug-likeness (QED) is 0.879. The molecule has 4 nitrogen and oxygen atoms in total. The summed E-state index contributed by atoms with van der Waals surface area (Å²) in [4.78, 5) is 15.2. The lowest BCUT2D eigenvalue weighted by atomic mass is 10.1. The van der Waals surface area contributed by atoms with Crippen LogP contribution < -0.4 is 5.32 Å². The SMILES string of the molecule is Cc1cc(NCC(C)c2nccs2)ccc1C(=O)O. The summed E-state index contributed by atoms with van der Waals surface area (Å²) >= 11 is 1.65. The number of thiazole rings is 1. The summed E-state index contributed by atoms with van der Waals surface area (Å²) < 4.78 is 0. The molecule has 1 unspecified atom stereocenters. The minimum absolute atomic E-state index is 0.333. The highest BCUT2D eigenvalue weighted by atomic mass is 32.1. The molecule has 19 heavy (non-hydrogen) atoms. The van der Waals surface area contributed by atoms with Gasteiger partial charge >= 0.3 is 5.97 Å². The van der Waals surface area contributed by atoms with Crippen LogP contribution in [-0.2, 0) is 0 Å². The van der Waals surface area contributed by atoms with Crippen LogP contribution in [0.15, 0.2) is 29.8 Å². The Hall–Kier alpha value is -1.88. The van der Waals surface area contributed by atoms with Crippen LogP contribution in [0.3, 0.4) is 0 Å². The first kappa shape index (κ1) is 13.5. The molecule has 2 N–H and O–H groups in total. The lowest BCUT2D eigenvalue weighted by Crippen LogP contribution is -2.10. The lowest BCUT2D eigenvalue weighted by Gasteiger charge is -2.12. The van der Waals surface area contributed by atoms with Gasteiger partial charge in [-0.1, -0.05) is 6.92 Å². The van der Waals surface area contributed by atoms with Crippen molar-refractivity contribution in [1.29, 1.82) is 0 Å². The number of aromatic nitrogens is 1. The van der Waals surface area contributed by atoms with Crippen molar-refractivity contribution < 1.29 is 9.90 Å². The van der Waals surface area contributed by atoms with E-state index >= 15 is 0 Å². The molecule has 2 rings (SSSR count). The molecule has 0 fully saturated rings. The molecule has 0 aliphatic carbocycles. The molecule has 1 atom stereocenters. The molecule has 5 heteroatoms. The number of anilines is 1. The number of benzene rings is 1. The Morgan fingerprint density at radius 1 is 1.53 bits per heavy atom. The zero-order valence-corrected chi connectivity index (χ0v) is 11.7.